The van der Waals surface area contributed by atoms with Crippen molar-refractivity contribution in [2.75, 3.05) is 5.32 Å². The molecule has 8 heteroatoms. The lowest BCUT2D eigenvalue weighted by Crippen LogP contribution is -2.23. The van der Waals surface area contributed by atoms with Crippen LogP contribution < -0.4 is 10.6 Å². The SMILES string of the molecule is O=C(Nc1nc(C(=O)NCc2ccco2)cs1)c1ccc(Cl)cc1. The van der Waals surface area contributed by atoms with Gasteiger partial charge in [0.1, 0.15) is 11.5 Å². The van der Waals surface area contributed by atoms with Crippen LogP contribution in [0, 0.1) is 0 Å². The Bertz CT molecular complexity index is 844. The first kappa shape index (κ1) is 16.2. The highest BCUT2D eigenvalue weighted by molar-refractivity contribution is 7.14. The van der Waals surface area contributed by atoms with Crippen molar-refractivity contribution in [3.05, 3.63) is 70.1 Å². The number of anilines is 1. The maximum absolute atomic E-state index is 12.1. The molecule has 0 aliphatic carbocycles. The summed E-state index contributed by atoms with van der Waals surface area (Å²) >= 11 is 6.96. The van der Waals surface area contributed by atoms with E-state index in [0.29, 0.717) is 21.5 Å². The molecule has 2 N–H and O–H groups in total. The highest BCUT2D eigenvalue weighted by Gasteiger charge is 2.13. The summed E-state index contributed by atoms with van der Waals surface area (Å²) in [4.78, 5) is 28.2. The number of furan rings is 1. The van der Waals surface area contributed by atoms with E-state index in [9.17, 15) is 9.59 Å². The van der Waals surface area contributed by atoms with E-state index >= 15 is 0 Å². The van der Waals surface area contributed by atoms with Gasteiger partial charge in [-0.3, -0.25) is 14.9 Å². The van der Waals surface area contributed by atoms with Crippen molar-refractivity contribution in [3.63, 3.8) is 0 Å². The van der Waals surface area contributed by atoms with Gasteiger partial charge in [-0.15, -0.1) is 11.3 Å². The van der Waals surface area contributed by atoms with Crippen LogP contribution in [0.15, 0.2) is 52.5 Å². The molecule has 122 valence electrons. The molecule has 0 saturated carbocycles. The molecule has 0 radical (unpaired) electrons. The number of rotatable bonds is 5. The number of nitrogens with zero attached hydrogens (tertiary/aromatic N) is 1. The molecule has 3 aromatic rings. The molecule has 0 atom stereocenters. The van der Waals surface area contributed by atoms with Crippen LogP contribution in [0.25, 0.3) is 0 Å². The van der Waals surface area contributed by atoms with E-state index in [0.717, 1.165) is 0 Å². The smallest absolute Gasteiger partial charge is 0.271 e. The van der Waals surface area contributed by atoms with Crippen LogP contribution >= 0.6 is 22.9 Å². The standard InChI is InChI=1S/C16H12ClN3O3S/c17-11-5-3-10(4-6-11)14(21)20-16-19-13(9-24-16)15(22)18-8-12-2-1-7-23-12/h1-7,9H,8H2,(H,18,22)(H,19,20,21). The summed E-state index contributed by atoms with van der Waals surface area (Å²) < 4.78 is 5.14. The summed E-state index contributed by atoms with van der Waals surface area (Å²) in [6.45, 7) is 0.274. The second kappa shape index (κ2) is 7.29. The molecule has 0 aliphatic heterocycles. The third kappa shape index (κ3) is 4.01. The highest BCUT2D eigenvalue weighted by Crippen LogP contribution is 2.17. The zero-order valence-electron chi connectivity index (χ0n) is 12.3. The third-order valence-electron chi connectivity index (χ3n) is 3.07. The van der Waals surface area contributed by atoms with Crippen LogP contribution in [-0.2, 0) is 6.54 Å². The average molecular weight is 362 g/mol. The first-order valence-corrected chi connectivity index (χ1v) is 8.20. The van der Waals surface area contributed by atoms with Crippen molar-refractivity contribution in [1.82, 2.24) is 10.3 Å². The molecule has 24 heavy (non-hydrogen) atoms. The molecule has 6 nitrogen and oxygen atoms in total. The van der Waals surface area contributed by atoms with Gasteiger partial charge in [0.25, 0.3) is 11.8 Å². The van der Waals surface area contributed by atoms with Gasteiger partial charge in [-0.25, -0.2) is 4.98 Å². The maximum Gasteiger partial charge on any atom is 0.271 e. The van der Waals surface area contributed by atoms with E-state index in [1.807, 2.05) is 0 Å². The Morgan fingerprint density at radius 3 is 2.67 bits per heavy atom. The molecule has 2 heterocycles. The Morgan fingerprint density at radius 1 is 1.17 bits per heavy atom. The van der Waals surface area contributed by atoms with Crippen molar-refractivity contribution in [2.45, 2.75) is 6.54 Å². The molecular weight excluding hydrogens is 350 g/mol. The van der Waals surface area contributed by atoms with Gasteiger partial charge in [0.05, 0.1) is 12.8 Å². The summed E-state index contributed by atoms with van der Waals surface area (Å²) in [6, 6.07) is 10.00. The first-order chi connectivity index (χ1) is 11.6. The monoisotopic (exact) mass is 361 g/mol. The zero-order chi connectivity index (χ0) is 16.9. The van der Waals surface area contributed by atoms with Crippen molar-refractivity contribution in [2.24, 2.45) is 0 Å². The molecule has 2 amide bonds. The number of benzene rings is 1. The fourth-order valence-electron chi connectivity index (χ4n) is 1.88. The second-order valence-corrected chi connectivity index (χ2v) is 6.06. The van der Waals surface area contributed by atoms with Gasteiger partial charge in [0.2, 0.25) is 0 Å². The molecule has 0 saturated heterocycles. The van der Waals surface area contributed by atoms with Gasteiger partial charge >= 0.3 is 0 Å². The minimum atomic E-state index is -0.338. The number of hydrogen-bond donors (Lipinski definition) is 2. The van der Waals surface area contributed by atoms with Gasteiger partial charge in [-0.1, -0.05) is 11.6 Å². The molecule has 0 fully saturated rings. The number of halogens is 1. The van der Waals surface area contributed by atoms with E-state index in [1.165, 1.54) is 17.6 Å². The lowest BCUT2D eigenvalue weighted by Gasteiger charge is -2.02. The number of amides is 2. The Morgan fingerprint density at radius 2 is 1.96 bits per heavy atom. The van der Waals surface area contributed by atoms with E-state index in [-0.39, 0.29) is 24.1 Å². The quantitative estimate of drug-likeness (QED) is 0.727. The second-order valence-electron chi connectivity index (χ2n) is 4.76. The normalized spacial score (nSPS) is 10.4. The number of carbonyl (C=O) groups is 2. The lowest BCUT2D eigenvalue weighted by atomic mass is 10.2. The topological polar surface area (TPSA) is 84.2 Å². The minimum absolute atomic E-state index is 0.234. The van der Waals surface area contributed by atoms with Gasteiger partial charge in [0, 0.05) is 16.0 Å². The minimum Gasteiger partial charge on any atom is -0.467 e. The zero-order valence-corrected chi connectivity index (χ0v) is 13.9. The predicted octanol–water partition coefficient (Wildman–Crippen LogP) is 3.57. The Hall–Kier alpha value is -2.64. The van der Waals surface area contributed by atoms with Gasteiger partial charge in [-0.2, -0.15) is 0 Å². The molecule has 2 aromatic heterocycles. The third-order valence-corrected chi connectivity index (χ3v) is 4.08. The Balaban J connectivity index is 1.59. The van der Waals surface area contributed by atoms with Gasteiger partial charge < -0.3 is 9.73 Å². The first-order valence-electron chi connectivity index (χ1n) is 6.95. The molecule has 1 aromatic carbocycles. The molecule has 0 aliphatic rings. The number of carbonyl (C=O) groups excluding carboxylic acids is 2. The number of nitrogens with one attached hydrogen (secondary N) is 2. The van der Waals surface area contributed by atoms with Crippen LogP contribution in [0.1, 0.15) is 26.6 Å². The molecule has 0 spiro atoms. The Labute approximate surface area is 146 Å². The molecule has 0 bridgehead atoms. The van der Waals surface area contributed by atoms with Gasteiger partial charge in [-0.05, 0) is 36.4 Å². The largest absolute Gasteiger partial charge is 0.467 e. The van der Waals surface area contributed by atoms with Crippen LogP contribution in [0.4, 0.5) is 5.13 Å². The van der Waals surface area contributed by atoms with Crippen molar-refractivity contribution < 1.29 is 14.0 Å². The molecular formula is C16H12ClN3O3S. The fraction of sp³-hybridized carbons (Fsp3) is 0.0625. The summed E-state index contributed by atoms with van der Waals surface area (Å²) in [5.41, 5.74) is 0.691. The number of aromatic nitrogens is 1. The summed E-state index contributed by atoms with van der Waals surface area (Å²) in [7, 11) is 0. The summed E-state index contributed by atoms with van der Waals surface area (Å²) in [5, 5.41) is 7.82. The predicted molar refractivity (Wildman–Crippen MR) is 91.4 cm³/mol. The Kier molecular flexibility index (Phi) is 4.93. The van der Waals surface area contributed by atoms with E-state index < -0.39 is 0 Å². The van der Waals surface area contributed by atoms with Crippen LogP contribution in [0.2, 0.25) is 5.02 Å². The summed E-state index contributed by atoms with van der Waals surface area (Å²) in [6.07, 6.45) is 1.54. The summed E-state index contributed by atoms with van der Waals surface area (Å²) in [5.74, 6) is -0.00644. The number of thiazole rings is 1. The lowest BCUT2D eigenvalue weighted by molar-refractivity contribution is 0.0942. The highest BCUT2D eigenvalue weighted by atomic mass is 35.5. The fourth-order valence-corrected chi connectivity index (χ4v) is 2.69. The number of hydrogen-bond acceptors (Lipinski definition) is 5. The van der Waals surface area contributed by atoms with E-state index in [2.05, 4.69) is 15.6 Å². The van der Waals surface area contributed by atoms with Crippen LogP contribution in [0.3, 0.4) is 0 Å². The van der Waals surface area contributed by atoms with Crippen molar-refractivity contribution >= 4 is 39.9 Å². The van der Waals surface area contributed by atoms with E-state index in [1.54, 1.807) is 41.8 Å². The van der Waals surface area contributed by atoms with E-state index in [4.69, 9.17) is 16.0 Å². The average Bonchev–Trinajstić information content (AvgIpc) is 3.25. The van der Waals surface area contributed by atoms with Crippen LogP contribution in [0.5, 0.6) is 0 Å². The molecule has 3 rings (SSSR count). The van der Waals surface area contributed by atoms with Crippen molar-refractivity contribution in [1.29, 1.82) is 0 Å². The molecule has 0 unspecified atom stereocenters. The van der Waals surface area contributed by atoms with Gasteiger partial charge in [0.15, 0.2) is 5.13 Å². The van der Waals surface area contributed by atoms with Crippen LogP contribution in [-0.4, -0.2) is 16.8 Å². The van der Waals surface area contributed by atoms with Crippen molar-refractivity contribution in [3.8, 4) is 0 Å². The maximum atomic E-state index is 12.1.